The minimum absolute atomic E-state index is 0.109. The third-order valence-corrected chi connectivity index (χ3v) is 6.47. The van der Waals surface area contributed by atoms with E-state index in [0.29, 0.717) is 18.7 Å². The highest BCUT2D eigenvalue weighted by Crippen LogP contribution is 2.32. The Labute approximate surface area is 203 Å². The summed E-state index contributed by atoms with van der Waals surface area (Å²) < 4.78 is 1.87. The SMILES string of the molecule is CC(C)(C)CCNC1=Cc2c(C(=O)NCC3=CC4(C)C=CNC4C=CC/C=C\3)cnn2CC=C1. The van der Waals surface area contributed by atoms with Crippen molar-refractivity contribution in [2.75, 3.05) is 13.1 Å². The van der Waals surface area contributed by atoms with Gasteiger partial charge in [-0.15, -0.1) is 0 Å². The maximum Gasteiger partial charge on any atom is 0.255 e. The van der Waals surface area contributed by atoms with Crippen LogP contribution >= 0.6 is 0 Å². The summed E-state index contributed by atoms with van der Waals surface area (Å²) in [7, 11) is 0. The van der Waals surface area contributed by atoms with Crippen molar-refractivity contribution in [2.24, 2.45) is 10.8 Å². The van der Waals surface area contributed by atoms with Crippen LogP contribution in [0.1, 0.15) is 56.6 Å². The van der Waals surface area contributed by atoms with Gasteiger partial charge in [0.2, 0.25) is 0 Å². The number of carbonyl (C=O) groups excluding carboxylic acids is 1. The molecule has 34 heavy (non-hydrogen) atoms. The quantitative estimate of drug-likeness (QED) is 0.549. The van der Waals surface area contributed by atoms with Crippen molar-refractivity contribution < 1.29 is 4.79 Å². The first kappa shape index (κ1) is 23.9. The predicted molar refractivity (Wildman–Crippen MR) is 139 cm³/mol. The van der Waals surface area contributed by atoms with E-state index in [-0.39, 0.29) is 22.8 Å². The fourth-order valence-electron chi connectivity index (χ4n) is 4.40. The lowest BCUT2D eigenvalue weighted by Gasteiger charge is -2.26. The predicted octanol–water partition coefficient (Wildman–Crippen LogP) is 4.48. The number of fused-ring (bicyclic) bond motifs is 2. The van der Waals surface area contributed by atoms with Gasteiger partial charge >= 0.3 is 0 Å². The van der Waals surface area contributed by atoms with Crippen LogP contribution < -0.4 is 16.0 Å². The Morgan fingerprint density at radius 1 is 1.26 bits per heavy atom. The molecule has 6 nitrogen and oxygen atoms in total. The van der Waals surface area contributed by atoms with Gasteiger partial charge in [0.1, 0.15) is 0 Å². The van der Waals surface area contributed by atoms with Crippen LogP contribution in [-0.2, 0) is 6.54 Å². The van der Waals surface area contributed by atoms with Crippen LogP contribution in [0.2, 0.25) is 0 Å². The van der Waals surface area contributed by atoms with Crippen LogP contribution in [0.5, 0.6) is 0 Å². The van der Waals surface area contributed by atoms with E-state index in [9.17, 15) is 4.79 Å². The van der Waals surface area contributed by atoms with Gasteiger partial charge < -0.3 is 16.0 Å². The zero-order valence-corrected chi connectivity index (χ0v) is 20.8. The van der Waals surface area contributed by atoms with Gasteiger partial charge in [0.15, 0.2) is 0 Å². The lowest BCUT2D eigenvalue weighted by molar-refractivity contribution is 0.0957. The molecule has 0 aromatic carbocycles. The summed E-state index contributed by atoms with van der Waals surface area (Å²) in [5.41, 5.74) is 3.68. The Balaban J connectivity index is 1.47. The van der Waals surface area contributed by atoms with Crippen molar-refractivity contribution >= 4 is 12.0 Å². The zero-order valence-electron chi connectivity index (χ0n) is 20.8. The standard InChI is InChI=1S/C28H37N5O/c1-27(2,3)12-14-29-22-10-8-16-33-24(17-22)23(20-32-33)26(34)31-19-21-9-6-5-7-11-25-28(4,18-21)13-15-30-25/h6-11,13,15,17-18,20,25,29-30H,5,12,14,16,19H2,1-4H3,(H,31,34)/b9-6-,11-7?,21-18?. The first-order valence-electron chi connectivity index (χ1n) is 12.2. The molecule has 3 N–H and O–H groups in total. The monoisotopic (exact) mass is 459 g/mol. The molecule has 0 radical (unpaired) electrons. The summed E-state index contributed by atoms with van der Waals surface area (Å²) in [4.78, 5) is 13.2. The average Bonchev–Trinajstić information content (AvgIpc) is 3.28. The molecule has 4 rings (SSSR count). The summed E-state index contributed by atoms with van der Waals surface area (Å²) >= 11 is 0. The van der Waals surface area contributed by atoms with Crippen molar-refractivity contribution in [1.82, 2.24) is 25.7 Å². The highest BCUT2D eigenvalue weighted by molar-refractivity contribution is 5.97. The minimum atomic E-state index is -0.123. The molecule has 180 valence electrons. The summed E-state index contributed by atoms with van der Waals surface area (Å²) in [5.74, 6) is -0.109. The zero-order chi connectivity index (χ0) is 24.2. The number of amides is 1. The molecule has 0 fully saturated rings. The van der Waals surface area contributed by atoms with Gasteiger partial charge in [0, 0.05) is 24.2 Å². The van der Waals surface area contributed by atoms with E-state index in [2.05, 4.69) is 97.4 Å². The number of nitrogens with zero attached hydrogens (tertiary/aromatic N) is 2. The van der Waals surface area contributed by atoms with Gasteiger partial charge in [0.05, 0.1) is 30.0 Å². The van der Waals surface area contributed by atoms with Crippen molar-refractivity contribution in [2.45, 2.75) is 53.1 Å². The van der Waals surface area contributed by atoms with Gasteiger partial charge in [-0.05, 0) is 42.2 Å². The molecule has 2 aliphatic heterocycles. The van der Waals surface area contributed by atoms with Crippen molar-refractivity contribution in [3.8, 4) is 0 Å². The van der Waals surface area contributed by atoms with Gasteiger partial charge in [-0.1, -0.05) is 70.2 Å². The maximum atomic E-state index is 13.2. The summed E-state index contributed by atoms with van der Waals surface area (Å²) in [6.45, 7) is 10.9. The van der Waals surface area contributed by atoms with E-state index in [0.717, 1.165) is 36.4 Å². The number of hydrogen-bond donors (Lipinski definition) is 3. The fourth-order valence-corrected chi connectivity index (χ4v) is 4.40. The number of carbonyl (C=O) groups is 1. The first-order chi connectivity index (χ1) is 16.2. The number of hydrogen-bond acceptors (Lipinski definition) is 4. The molecular formula is C28H37N5O. The molecule has 1 aromatic heterocycles. The van der Waals surface area contributed by atoms with Gasteiger partial charge in [0.25, 0.3) is 5.91 Å². The van der Waals surface area contributed by atoms with E-state index in [1.54, 1.807) is 6.20 Å². The molecule has 2 unspecified atom stereocenters. The fraction of sp³-hybridized carbons (Fsp3) is 0.429. The molecule has 1 amide bonds. The Kier molecular flexibility index (Phi) is 6.96. The van der Waals surface area contributed by atoms with Crippen LogP contribution in [0.25, 0.3) is 6.08 Å². The van der Waals surface area contributed by atoms with Crippen LogP contribution in [-0.4, -0.2) is 34.8 Å². The molecule has 3 heterocycles. The van der Waals surface area contributed by atoms with Crippen molar-refractivity contribution in [3.63, 3.8) is 0 Å². The third-order valence-electron chi connectivity index (χ3n) is 6.47. The van der Waals surface area contributed by atoms with Crippen LogP contribution in [0.4, 0.5) is 0 Å². The summed E-state index contributed by atoms with van der Waals surface area (Å²) in [5, 5.41) is 14.5. The largest absolute Gasteiger partial charge is 0.385 e. The second-order valence-electron chi connectivity index (χ2n) is 10.7. The molecule has 0 saturated heterocycles. The molecule has 1 aliphatic carbocycles. The topological polar surface area (TPSA) is 71.0 Å². The van der Waals surface area contributed by atoms with Gasteiger partial charge in [-0.25, -0.2) is 0 Å². The van der Waals surface area contributed by atoms with Crippen LogP contribution in [0.15, 0.2) is 72.3 Å². The van der Waals surface area contributed by atoms with Crippen molar-refractivity contribution in [3.05, 3.63) is 83.5 Å². The molecule has 6 heteroatoms. The number of aromatic nitrogens is 2. The Morgan fingerprint density at radius 2 is 2.12 bits per heavy atom. The normalized spacial score (nSPS) is 24.4. The molecule has 0 saturated carbocycles. The van der Waals surface area contributed by atoms with Gasteiger partial charge in [-0.3, -0.25) is 9.48 Å². The van der Waals surface area contributed by atoms with Crippen LogP contribution in [0, 0.1) is 10.8 Å². The Bertz CT molecular complexity index is 1090. The van der Waals surface area contributed by atoms with E-state index in [4.69, 9.17) is 0 Å². The maximum absolute atomic E-state index is 13.2. The summed E-state index contributed by atoms with van der Waals surface area (Å²) in [6, 6.07) is 0.228. The van der Waals surface area contributed by atoms with E-state index in [1.165, 1.54) is 0 Å². The van der Waals surface area contributed by atoms with E-state index in [1.807, 2.05) is 17.0 Å². The number of nitrogens with one attached hydrogen (secondary N) is 3. The Morgan fingerprint density at radius 3 is 2.94 bits per heavy atom. The minimum Gasteiger partial charge on any atom is -0.385 e. The van der Waals surface area contributed by atoms with E-state index >= 15 is 0 Å². The lowest BCUT2D eigenvalue weighted by atomic mass is 9.82. The third kappa shape index (κ3) is 5.79. The first-order valence-corrected chi connectivity index (χ1v) is 12.2. The second-order valence-corrected chi connectivity index (χ2v) is 10.7. The second kappa shape index (κ2) is 9.92. The molecule has 1 aromatic rings. The molecule has 2 atom stereocenters. The van der Waals surface area contributed by atoms with Crippen LogP contribution in [0.3, 0.4) is 0 Å². The molecule has 0 bridgehead atoms. The van der Waals surface area contributed by atoms with E-state index < -0.39 is 0 Å². The lowest BCUT2D eigenvalue weighted by Crippen LogP contribution is -2.33. The highest BCUT2D eigenvalue weighted by atomic mass is 16.1. The number of rotatable bonds is 6. The number of allylic oxidation sites excluding steroid dienone is 4. The summed E-state index contributed by atoms with van der Waals surface area (Å²) in [6.07, 6.45) is 24.9. The molecule has 0 spiro atoms. The Hall–Kier alpha value is -3.28. The van der Waals surface area contributed by atoms with Crippen molar-refractivity contribution in [1.29, 1.82) is 0 Å². The average molecular weight is 460 g/mol. The highest BCUT2D eigenvalue weighted by Gasteiger charge is 2.31. The smallest absolute Gasteiger partial charge is 0.255 e. The molecule has 3 aliphatic rings. The molecular weight excluding hydrogens is 422 g/mol. The van der Waals surface area contributed by atoms with Gasteiger partial charge in [-0.2, -0.15) is 5.10 Å².